The summed E-state index contributed by atoms with van der Waals surface area (Å²) in [5.74, 6) is -1.25. The zero-order valence-electron chi connectivity index (χ0n) is 16.5. The summed E-state index contributed by atoms with van der Waals surface area (Å²) in [6.45, 7) is 4.93. The van der Waals surface area contributed by atoms with Crippen LogP contribution in [-0.4, -0.2) is 47.7 Å². The van der Waals surface area contributed by atoms with E-state index in [1.807, 2.05) is 19.2 Å². The van der Waals surface area contributed by atoms with E-state index in [0.29, 0.717) is 5.69 Å². The molecule has 0 atom stereocenters. The van der Waals surface area contributed by atoms with Gasteiger partial charge in [0.2, 0.25) is 0 Å². The number of carboxylic acids is 1. The number of hydrogen-bond donors (Lipinski definition) is 3. The van der Waals surface area contributed by atoms with Gasteiger partial charge in [0.15, 0.2) is 0 Å². The van der Waals surface area contributed by atoms with Crippen LogP contribution in [0.3, 0.4) is 0 Å². The van der Waals surface area contributed by atoms with Crippen LogP contribution in [0.15, 0.2) is 65.7 Å². The molecule has 0 unspecified atom stereocenters. The van der Waals surface area contributed by atoms with E-state index in [0.717, 1.165) is 25.3 Å². The number of anilines is 1. The fourth-order valence-electron chi connectivity index (χ4n) is 2.20. The third-order valence-corrected chi connectivity index (χ3v) is 3.73. The van der Waals surface area contributed by atoms with Crippen molar-refractivity contribution in [2.75, 3.05) is 31.6 Å². The van der Waals surface area contributed by atoms with Gasteiger partial charge in [-0.15, -0.1) is 0 Å². The minimum atomic E-state index is -1.25. The van der Waals surface area contributed by atoms with E-state index in [-0.39, 0.29) is 5.56 Å². The quantitative estimate of drug-likeness (QED) is 0.685. The van der Waals surface area contributed by atoms with E-state index in [1.165, 1.54) is 18.3 Å². The van der Waals surface area contributed by atoms with Gasteiger partial charge in [-0.05, 0) is 38.2 Å². The number of nitriles is 1. The highest BCUT2D eigenvalue weighted by Gasteiger charge is 2.04. The lowest BCUT2D eigenvalue weighted by atomic mass is 10.3. The molecule has 2 aromatic heterocycles. The van der Waals surface area contributed by atoms with Crippen molar-refractivity contribution < 1.29 is 9.90 Å². The zero-order chi connectivity index (χ0) is 21.5. The van der Waals surface area contributed by atoms with Crippen LogP contribution in [0, 0.1) is 11.3 Å². The van der Waals surface area contributed by atoms with Crippen LogP contribution in [-0.2, 0) is 0 Å². The highest BCUT2D eigenvalue weighted by atomic mass is 16.4. The Bertz CT molecular complexity index is 918. The van der Waals surface area contributed by atoms with Crippen LogP contribution in [0.25, 0.3) is 0 Å². The first-order valence-electron chi connectivity index (χ1n) is 9.03. The van der Waals surface area contributed by atoms with Crippen molar-refractivity contribution in [1.29, 1.82) is 5.26 Å². The van der Waals surface area contributed by atoms with Crippen LogP contribution >= 0.6 is 0 Å². The monoisotopic (exact) mass is 395 g/mol. The topological polar surface area (TPSA) is 122 Å². The number of nitrogens with zero attached hydrogens (tertiary/aromatic N) is 3. The maximum absolute atomic E-state index is 11.2. The lowest BCUT2D eigenvalue weighted by molar-refractivity contribution is 0.0695. The molecule has 0 aliphatic heterocycles. The lowest BCUT2D eigenvalue weighted by Crippen LogP contribution is -2.30. The molecule has 152 valence electrons. The van der Waals surface area contributed by atoms with Gasteiger partial charge in [-0.3, -0.25) is 4.79 Å². The minimum absolute atomic E-state index is 0.291. The summed E-state index contributed by atoms with van der Waals surface area (Å²) in [6.07, 6.45) is 3.13. The average molecular weight is 395 g/mol. The molecule has 2 aromatic rings. The number of H-pyrrole nitrogens is 1. The SMILES string of the molecule is CCN(CCNC)c1ccc(C#N)nc1.O=C(O)c1ccccccc[nH]c1=O. The highest BCUT2D eigenvalue weighted by Crippen LogP contribution is 2.11. The van der Waals surface area contributed by atoms with Crippen LogP contribution in [0.1, 0.15) is 23.0 Å². The van der Waals surface area contributed by atoms with E-state index >= 15 is 0 Å². The molecule has 0 aliphatic rings. The first-order chi connectivity index (χ1) is 14.0. The molecule has 0 bridgehead atoms. The number of aromatic amines is 1. The molecule has 0 amide bonds. The Morgan fingerprint density at radius 3 is 2.55 bits per heavy atom. The molecule has 0 radical (unpaired) electrons. The molecule has 2 heterocycles. The second-order valence-corrected chi connectivity index (χ2v) is 5.68. The van der Waals surface area contributed by atoms with Crippen LogP contribution in [0.5, 0.6) is 0 Å². The van der Waals surface area contributed by atoms with Gasteiger partial charge in [-0.2, -0.15) is 5.26 Å². The molecular weight excluding hydrogens is 370 g/mol. The predicted octanol–water partition coefficient (Wildman–Crippen LogP) is 2.20. The van der Waals surface area contributed by atoms with Gasteiger partial charge in [0.1, 0.15) is 17.3 Å². The molecule has 0 saturated heterocycles. The number of carbonyl (C=O) groups is 1. The molecule has 0 fully saturated rings. The van der Waals surface area contributed by atoms with E-state index in [2.05, 4.69) is 27.1 Å². The number of nitrogens with one attached hydrogen (secondary N) is 2. The van der Waals surface area contributed by atoms with E-state index < -0.39 is 11.5 Å². The van der Waals surface area contributed by atoms with Crippen molar-refractivity contribution in [2.45, 2.75) is 6.92 Å². The molecule has 3 N–H and O–H groups in total. The summed E-state index contributed by atoms with van der Waals surface area (Å²) in [5.41, 5.74) is 0.602. The smallest absolute Gasteiger partial charge is 0.341 e. The molecule has 8 nitrogen and oxygen atoms in total. The largest absolute Gasteiger partial charge is 0.477 e. The van der Waals surface area contributed by atoms with E-state index in [1.54, 1.807) is 36.5 Å². The van der Waals surface area contributed by atoms with Crippen molar-refractivity contribution in [3.05, 3.63) is 82.5 Å². The second-order valence-electron chi connectivity index (χ2n) is 5.68. The molecule has 0 saturated carbocycles. The number of hydrogen-bond acceptors (Lipinski definition) is 6. The maximum atomic E-state index is 11.2. The number of likely N-dealkylation sites (N-methyl/N-ethyl adjacent to an activating group) is 2. The van der Waals surface area contributed by atoms with Gasteiger partial charge >= 0.3 is 5.97 Å². The Labute approximate surface area is 169 Å². The zero-order valence-corrected chi connectivity index (χ0v) is 16.5. The van der Waals surface area contributed by atoms with Gasteiger partial charge < -0.3 is 20.3 Å². The van der Waals surface area contributed by atoms with Crippen molar-refractivity contribution in [2.24, 2.45) is 0 Å². The van der Waals surface area contributed by atoms with Crippen LogP contribution in [0.4, 0.5) is 5.69 Å². The third kappa shape index (κ3) is 8.69. The van der Waals surface area contributed by atoms with E-state index in [4.69, 9.17) is 10.4 Å². The van der Waals surface area contributed by atoms with Crippen molar-refractivity contribution in [3.8, 4) is 6.07 Å². The average Bonchev–Trinajstić information content (AvgIpc) is 2.74. The minimum Gasteiger partial charge on any atom is -0.477 e. The Balaban J connectivity index is 0.000000291. The standard InChI is InChI=1S/C11H16N4.C10H9NO3/c1-3-15(7-6-13-2)11-5-4-10(8-12)14-9-11;12-9-8(10(13)14)6-4-2-1-3-5-7-11-9/h4-5,9,13H,3,6-7H2,1-2H3;1-7H,(H,11,12)(H,13,14). The summed E-state index contributed by atoms with van der Waals surface area (Å²) in [4.78, 5) is 30.4. The van der Waals surface area contributed by atoms with Crippen LogP contribution in [0.2, 0.25) is 0 Å². The van der Waals surface area contributed by atoms with Gasteiger partial charge in [0, 0.05) is 25.8 Å². The highest BCUT2D eigenvalue weighted by molar-refractivity contribution is 5.86. The predicted molar refractivity (Wildman–Crippen MR) is 112 cm³/mol. The van der Waals surface area contributed by atoms with Crippen molar-refractivity contribution in [1.82, 2.24) is 15.3 Å². The van der Waals surface area contributed by atoms with Gasteiger partial charge in [0.25, 0.3) is 5.56 Å². The molecule has 0 aromatic carbocycles. The lowest BCUT2D eigenvalue weighted by Gasteiger charge is -2.22. The molecule has 0 spiro atoms. The summed E-state index contributed by atoms with van der Waals surface area (Å²) >= 11 is 0. The molecule has 8 heteroatoms. The molecule has 0 aliphatic carbocycles. The second kappa shape index (κ2) is 13.5. The maximum Gasteiger partial charge on any atom is 0.341 e. The Kier molecular flexibility index (Phi) is 10.8. The summed E-state index contributed by atoms with van der Waals surface area (Å²) in [5, 5.41) is 20.4. The van der Waals surface area contributed by atoms with Crippen LogP contribution < -0.4 is 15.8 Å². The normalized spacial score (nSPS) is 9.28. The summed E-state index contributed by atoms with van der Waals surface area (Å²) in [6, 6.07) is 15.1. The fourth-order valence-corrected chi connectivity index (χ4v) is 2.20. The number of pyridine rings is 1. The first kappa shape index (κ1) is 23.3. The van der Waals surface area contributed by atoms with E-state index in [9.17, 15) is 9.59 Å². The number of aromatic nitrogens is 2. The Morgan fingerprint density at radius 1 is 1.24 bits per heavy atom. The Hall–Kier alpha value is -3.70. The van der Waals surface area contributed by atoms with Gasteiger partial charge in [0.05, 0.1) is 11.9 Å². The molecule has 29 heavy (non-hydrogen) atoms. The molecule has 2 rings (SSSR count). The van der Waals surface area contributed by atoms with Gasteiger partial charge in [-0.1, -0.05) is 24.3 Å². The number of aromatic carboxylic acids is 1. The fraction of sp³-hybridized carbons (Fsp3) is 0.238. The summed E-state index contributed by atoms with van der Waals surface area (Å²) < 4.78 is 0. The van der Waals surface area contributed by atoms with Crippen molar-refractivity contribution >= 4 is 11.7 Å². The van der Waals surface area contributed by atoms with Gasteiger partial charge in [-0.25, -0.2) is 9.78 Å². The third-order valence-electron chi connectivity index (χ3n) is 3.73. The number of carboxylic acid groups (broad SMARTS) is 1. The Morgan fingerprint density at radius 2 is 1.97 bits per heavy atom. The first-order valence-corrected chi connectivity index (χ1v) is 9.03. The molecular formula is C21H25N5O3. The number of rotatable bonds is 6. The summed E-state index contributed by atoms with van der Waals surface area (Å²) in [7, 11) is 1.94. The van der Waals surface area contributed by atoms with Crippen molar-refractivity contribution in [3.63, 3.8) is 0 Å².